The first-order chi connectivity index (χ1) is 9.58. The summed E-state index contributed by atoms with van der Waals surface area (Å²) in [6.07, 6.45) is -0.838. The number of rotatable bonds is 5. The highest BCUT2D eigenvalue weighted by atomic mass is 35.5. The fourth-order valence-corrected chi connectivity index (χ4v) is 1.97. The lowest BCUT2D eigenvalue weighted by Gasteiger charge is -2.14. The third-order valence-electron chi connectivity index (χ3n) is 2.78. The van der Waals surface area contributed by atoms with E-state index < -0.39 is 12.0 Å². The summed E-state index contributed by atoms with van der Waals surface area (Å²) in [5, 5.41) is 10.6. The molecule has 2 aromatic rings. The first-order valence-electron chi connectivity index (χ1n) is 6.03. The van der Waals surface area contributed by atoms with Gasteiger partial charge in [-0.2, -0.15) is 0 Å². The number of primary amides is 1. The van der Waals surface area contributed by atoms with E-state index >= 15 is 0 Å². The summed E-state index contributed by atoms with van der Waals surface area (Å²) < 4.78 is 5.46. The van der Waals surface area contributed by atoms with Crippen molar-refractivity contribution >= 4 is 17.5 Å². The van der Waals surface area contributed by atoms with Gasteiger partial charge in [0.2, 0.25) is 0 Å². The Labute approximate surface area is 121 Å². The summed E-state index contributed by atoms with van der Waals surface area (Å²) in [5.41, 5.74) is 6.18. The Morgan fingerprint density at radius 2 is 2.00 bits per heavy atom. The Morgan fingerprint density at radius 1 is 1.25 bits per heavy atom. The number of benzene rings is 2. The summed E-state index contributed by atoms with van der Waals surface area (Å²) >= 11 is 5.86. The summed E-state index contributed by atoms with van der Waals surface area (Å²) in [6.45, 7) is 0.00460. The maximum absolute atomic E-state index is 11.2. The maximum atomic E-state index is 11.2. The molecule has 0 aliphatic carbocycles. The third kappa shape index (κ3) is 3.50. The molecule has 0 aliphatic rings. The molecule has 1 atom stereocenters. The Kier molecular flexibility index (Phi) is 4.61. The van der Waals surface area contributed by atoms with Crippen molar-refractivity contribution in [3.05, 3.63) is 64.7 Å². The van der Waals surface area contributed by atoms with Crippen LogP contribution >= 0.6 is 11.6 Å². The van der Waals surface area contributed by atoms with Crippen LogP contribution in [-0.2, 0) is 0 Å². The topological polar surface area (TPSA) is 72.6 Å². The van der Waals surface area contributed by atoms with Gasteiger partial charge in [0.15, 0.2) is 0 Å². The number of aliphatic hydroxyl groups is 1. The van der Waals surface area contributed by atoms with Gasteiger partial charge >= 0.3 is 0 Å². The molecule has 1 unspecified atom stereocenters. The van der Waals surface area contributed by atoms with Gasteiger partial charge in [0, 0.05) is 5.02 Å². The predicted molar refractivity (Wildman–Crippen MR) is 76.9 cm³/mol. The number of carbonyl (C=O) groups is 1. The minimum absolute atomic E-state index is 0.00460. The number of amides is 1. The minimum Gasteiger partial charge on any atom is -0.490 e. The van der Waals surface area contributed by atoms with Crippen molar-refractivity contribution in [2.75, 3.05) is 6.61 Å². The zero-order valence-corrected chi connectivity index (χ0v) is 11.4. The normalized spacial score (nSPS) is 11.9. The highest BCUT2D eigenvalue weighted by Crippen LogP contribution is 2.21. The van der Waals surface area contributed by atoms with Crippen LogP contribution < -0.4 is 10.5 Å². The van der Waals surface area contributed by atoms with Crippen molar-refractivity contribution in [3.63, 3.8) is 0 Å². The SMILES string of the molecule is NC(=O)c1ccccc1OCC(O)c1cccc(Cl)c1. The van der Waals surface area contributed by atoms with E-state index in [-0.39, 0.29) is 12.2 Å². The molecule has 5 heteroatoms. The van der Waals surface area contributed by atoms with Crippen molar-refractivity contribution < 1.29 is 14.6 Å². The third-order valence-corrected chi connectivity index (χ3v) is 3.02. The molecule has 0 fully saturated rings. The molecule has 2 aromatic carbocycles. The molecule has 104 valence electrons. The molecule has 4 nitrogen and oxygen atoms in total. The summed E-state index contributed by atoms with van der Waals surface area (Å²) in [4.78, 5) is 11.2. The second kappa shape index (κ2) is 6.41. The lowest BCUT2D eigenvalue weighted by Crippen LogP contribution is -2.15. The lowest BCUT2D eigenvalue weighted by molar-refractivity contribution is 0.0967. The summed E-state index contributed by atoms with van der Waals surface area (Å²) in [7, 11) is 0. The molecule has 20 heavy (non-hydrogen) atoms. The highest BCUT2D eigenvalue weighted by molar-refractivity contribution is 6.30. The van der Waals surface area contributed by atoms with Gasteiger partial charge in [0.05, 0.1) is 5.56 Å². The van der Waals surface area contributed by atoms with Crippen molar-refractivity contribution in [2.24, 2.45) is 5.73 Å². The van der Waals surface area contributed by atoms with Crippen LogP contribution in [0, 0.1) is 0 Å². The number of aliphatic hydroxyl groups excluding tert-OH is 1. The number of hydrogen-bond donors (Lipinski definition) is 2. The molecular formula is C15H14ClNO3. The van der Waals surface area contributed by atoms with Gasteiger partial charge in [-0.3, -0.25) is 4.79 Å². The van der Waals surface area contributed by atoms with Crippen LogP contribution in [0.4, 0.5) is 0 Å². The van der Waals surface area contributed by atoms with Crippen molar-refractivity contribution in [3.8, 4) is 5.75 Å². The zero-order valence-electron chi connectivity index (χ0n) is 10.6. The molecule has 0 aliphatic heterocycles. The van der Waals surface area contributed by atoms with Crippen LogP contribution in [0.2, 0.25) is 5.02 Å². The molecule has 0 radical (unpaired) electrons. The molecular weight excluding hydrogens is 278 g/mol. The largest absolute Gasteiger partial charge is 0.490 e. The van der Waals surface area contributed by atoms with Gasteiger partial charge in [-0.1, -0.05) is 35.9 Å². The van der Waals surface area contributed by atoms with E-state index in [4.69, 9.17) is 22.1 Å². The second-order valence-electron chi connectivity index (χ2n) is 4.24. The fraction of sp³-hybridized carbons (Fsp3) is 0.133. The van der Waals surface area contributed by atoms with Crippen molar-refractivity contribution in [2.45, 2.75) is 6.10 Å². The Bertz CT molecular complexity index is 616. The molecule has 3 N–H and O–H groups in total. The van der Waals surface area contributed by atoms with E-state index in [1.165, 1.54) is 0 Å². The van der Waals surface area contributed by atoms with Crippen LogP contribution in [0.3, 0.4) is 0 Å². The standard InChI is InChI=1S/C15H14ClNO3/c16-11-5-3-4-10(8-11)13(18)9-20-14-7-2-1-6-12(14)15(17)19/h1-8,13,18H,9H2,(H2,17,19). The van der Waals surface area contributed by atoms with Gasteiger partial charge in [-0.15, -0.1) is 0 Å². The van der Waals surface area contributed by atoms with Crippen molar-refractivity contribution in [1.29, 1.82) is 0 Å². The van der Waals surface area contributed by atoms with Gasteiger partial charge in [0.25, 0.3) is 5.91 Å². The number of nitrogens with two attached hydrogens (primary N) is 1. The predicted octanol–water partition coefficient (Wildman–Crippen LogP) is 2.55. The maximum Gasteiger partial charge on any atom is 0.252 e. The van der Waals surface area contributed by atoms with E-state index in [0.717, 1.165) is 0 Å². The number of para-hydroxylation sites is 1. The average molecular weight is 292 g/mol. The molecule has 0 aromatic heterocycles. The van der Waals surface area contributed by atoms with Gasteiger partial charge in [-0.05, 0) is 29.8 Å². The monoisotopic (exact) mass is 291 g/mol. The Hall–Kier alpha value is -2.04. The Morgan fingerprint density at radius 3 is 2.70 bits per heavy atom. The molecule has 1 amide bonds. The lowest BCUT2D eigenvalue weighted by atomic mass is 10.1. The molecule has 0 heterocycles. The fourth-order valence-electron chi connectivity index (χ4n) is 1.77. The van der Waals surface area contributed by atoms with Gasteiger partial charge in [-0.25, -0.2) is 0 Å². The number of carbonyl (C=O) groups excluding carboxylic acids is 1. The van der Waals surface area contributed by atoms with Crippen LogP contribution in [0.15, 0.2) is 48.5 Å². The number of halogens is 1. The van der Waals surface area contributed by atoms with Gasteiger partial charge < -0.3 is 15.6 Å². The van der Waals surface area contributed by atoms with Crippen LogP contribution in [0.25, 0.3) is 0 Å². The van der Waals surface area contributed by atoms with E-state index in [1.807, 2.05) is 0 Å². The number of hydrogen-bond acceptors (Lipinski definition) is 3. The summed E-state index contributed by atoms with van der Waals surface area (Å²) in [6, 6.07) is 13.5. The van der Waals surface area contributed by atoms with Crippen LogP contribution in [0.1, 0.15) is 22.0 Å². The van der Waals surface area contributed by atoms with Crippen molar-refractivity contribution in [1.82, 2.24) is 0 Å². The number of ether oxygens (including phenoxy) is 1. The smallest absolute Gasteiger partial charge is 0.252 e. The zero-order chi connectivity index (χ0) is 14.5. The molecule has 0 saturated carbocycles. The second-order valence-corrected chi connectivity index (χ2v) is 4.68. The van der Waals surface area contributed by atoms with E-state index in [0.29, 0.717) is 16.3 Å². The van der Waals surface area contributed by atoms with E-state index in [1.54, 1.807) is 48.5 Å². The van der Waals surface area contributed by atoms with Gasteiger partial charge in [0.1, 0.15) is 18.5 Å². The van der Waals surface area contributed by atoms with E-state index in [9.17, 15) is 9.90 Å². The Balaban J connectivity index is 2.07. The molecule has 0 saturated heterocycles. The minimum atomic E-state index is -0.838. The molecule has 2 rings (SSSR count). The van der Waals surface area contributed by atoms with Crippen LogP contribution in [-0.4, -0.2) is 17.6 Å². The van der Waals surface area contributed by atoms with E-state index in [2.05, 4.69) is 0 Å². The first-order valence-corrected chi connectivity index (χ1v) is 6.41. The first kappa shape index (κ1) is 14.4. The average Bonchev–Trinajstić information content (AvgIpc) is 2.45. The molecule has 0 spiro atoms. The quantitative estimate of drug-likeness (QED) is 0.889. The molecule has 0 bridgehead atoms. The summed E-state index contributed by atoms with van der Waals surface area (Å²) in [5.74, 6) is -0.223. The highest BCUT2D eigenvalue weighted by Gasteiger charge is 2.12. The van der Waals surface area contributed by atoms with Crippen LogP contribution in [0.5, 0.6) is 5.75 Å².